The Balaban J connectivity index is 2.84. The monoisotopic (exact) mass is 234 g/mol. The molecule has 0 radical (unpaired) electrons. The SMILES string of the molecule is CCOC(=O)/C=C/C(C)(C)c1cccc(O)c1. The molecule has 1 aromatic carbocycles. The van der Waals surface area contributed by atoms with Gasteiger partial charge in [0, 0.05) is 11.5 Å². The molecule has 0 aliphatic heterocycles. The van der Waals surface area contributed by atoms with Gasteiger partial charge in [-0.15, -0.1) is 0 Å². The van der Waals surface area contributed by atoms with Gasteiger partial charge in [0.1, 0.15) is 5.75 Å². The summed E-state index contributed by atoms with van der Waals surface area (Å²) in [5.41, 5.74) is 0.615. The van der Waals surface area contributed by atoms with Gasteiger partial charge in [-0.2, -0.15) is 0 Å². The molecule has 0 amide bonds. The number of phenolic OH excluding ortho intramolecular Hbond substituents is 1. The first kappa shape index (κ1) is 13.3. The molecule has 0 aliphatic rings. The zero-order chi connectivity index (χ0) is 12.9. The van der Waals surface area contributed by atoms with Gasteiger partial charge < -0.3 is 9.84 Å². The number of aromatic hydroxyl groups is 1. The molecule has 0 bridgehead atoms. The minimum atomic E-state index is -0.347. The van der Waals surface area contributed by atoms with E-state index in [1.165, 1.54) is 6.08 Å². The first-order valence-corrected chi connectivity index (χ1v) is 5.61. The number of phenols is 1. The van der Waals surface area contributed by atoms with Crippen molar-refractivity contribution in [1.82, 2.24) is 0 Å². The quantitative estimate of drug-likeness (QED) is 0.643. The first-order chi connectivity index (χ1) is 7.95. The summed E-state index contributed by atoms with van der Waals surface area (Å²) in [6.07, 6.45) is 3.20. The molecular weight excluding hydrogens is 216 g/mol. The average Bonchev–Trinajstić information content (AvgIpc) is 2.27. The maximum Gasteiger partial charge on any atom is 0.330 e. The summed E-state index contributed by atoms with van der Waals surface area (Å²) < 4.78 is 4.82. The highest BCUT2D eigenvalue weighted by molar-refractivity contribution is 5.82. The molecule has 0 aliphatic carbocycles. The van der Waals surface area contributed by atoms with Crippen molar-refractivity contribution in [3.05, 3.63) is 42.0 Å². The summed E-state index contributed by atoms with van der Waals surface area (Å²) >= 11 is 0. The molecule has 17 heavy (non-hydrogen) atoms. The minimum absolute atomic E-state index is 0.222. The van der Waals surface area contributed by atoms with Crippen molar-refractivity contribution in [3.8, 4) is 5.75 Å². The number of hydrogen-bond donors (Lipinski definition) is 1. The van der Waals surface area contributed by atoms with Crippen LogP contribution in [0, 0.1) is 0 Å². The normalized spacial score (nSPS) is 11.7. The number of hydrogen-bond acceptors (Lipinski definition) is 3. The van der Waals surface area contributed by atoms with E-state index < -0.39 is 0 Å². The third-order valence-corrected chi connectivity index (χ3v) is 2.51. The highest BCUT2D eigenvalue weighted by atomic mass is 16.5. The van der Waals surface area contributed by atoms with Crippen molar-refractivity contribution in [3.63, 3.8) is 0 Å². The van der Waals surface area contributed by atoms with E-state index in [9.17, 15) is 9.90 Å². The predicted octanol–water partition coefficient (Wildman–Crippen LogP) is 2.79. The van der Waals surface area contributed by atoms with Crippen LogP contribution in [0.2, 0.25) is 0 Å². The molecule has 3 heteroatoms. The molecule has 3 nitrogen and oxygen atoms in total. The van der Waals surface area contributed by atoms with E-state index in [1.54, 1.807) is 31.2 Å². The van der Waals surface area contributed by atoms with Gasteiger partial charge in [-0.3, -0.25) is 0 Å². The Kier molecular flexibility index (Phi) is 4.32. The van der Waals surface area contributed by atoms with Crippen LogP contribution in [-0.4, -0.2) is 17.7 Å². The standard InChI is InChI=1S/C14H18O3/c1-4-17-13(16)8-9-14(2,3)11-6-5-7-12(15)10-11/h5-10,15H,4H2,1-3H3/b9-8+. The molecule has 1 N–H and O–H groups in total. The van der Waals surface area contributed by atoms with E-state index in [0.717, 1.165) is 5.56 Å². The average molecular weight is 234 g/mol. The molecule has 0 saturated heterocycles. The molecule has 0 saturated carbocycles. The van der Waals surface area contributed by atoms with Gasteiger partial charge in [-0.25, -0.2) is 4.79 Å². The van der Waals surface area contributed by atoms with E-state index in [1.807, 2.05) is 19.9 Å². The van der Waals surface area contributed by atoms with E-state index in [-0.39, 0.29) is 17.1 Å². The number of allylic oxidation sites excluding steroid dienone is 1. The summed E-state index contributed by atoms with van der Waals surface area (Å²) in [4.78, 5) is 11.2. The van der Waals surface area contributed by atoms with E-state index in [4.69, 9.17) is 4.74 Å². The topological polar surface area (TPSA) is 46.5 Å². The molecule has 0 atom stereocenters. The molecule has 0 aromatic heterocycles. The van der Waals surface area contributed by atoms with Gasteiger partial charge in [0.2, 0.25) is 0 Å². The van der Waals surface area contributed by atoms with Gasteiger partial charge >= 0.3 is 5.97 Å². The molecule has 1 rings (SSSR count). The Morgan fingerprint density at radius 2 is 2.18 bits per heavy atom. The largest absolute Gasteiger partial charge is 0.508 e. The van der Waals surface area contributed by atoms with Gasteiger partial charge in [-0.1, -0.05) is 32.1 Å². The van der Waals surface area contributed by atoms with Crippen LogP contribution in [0.4, 0.5) is 0 Å². The van der Waals surface area contributed by atoms with E-state index in [2.05, 4.69) is 0 Å². The second kappa shape index (κ2) is 5.53. The van der Waals surface area contributed by atoms with Crippen LogP contribution in [0.1, 0.15) is 26.3 Å². The summed E-state index contributed by atoms with van der Waals surface area (Å²) in [5, 5.41) is 9.42. The maximum atomic E-state index is 11.2. The fourth-order valence-corrected chi connectivity index (χ4v) is 1.47. The number of rotatable bonds is 4. The third kappa shape index (κ3) is 3.94. The molecule has 92 valence electrons. The van der Waals surface area contributed by atoms with E-state index >= 15 is 0 Å². The van der Waals surface area contributed by atoms with Crippen molar-refractivity contribution < 1.29 is 14.6 Å². The lowest BCUT2D eigenvalue weighted by Gasteiger charge is -2.20. The van der Waals surface area contributed by atoms with Gasteiger partial charge in [0.05, 0.1) is 6.61 Å². The van der Waals surface area contributed by atoms with Crippen molar-refractivity contribution in [2.24, 2.45) is 0 Å². The Morgan fingerprint density at radius 1 is 1.47 bits per heavy atom. The maximum absolute atomic E-state index is 11.2. The third-order valence-electron chi connectivity index (χ3n) is 2.51. The summed E-state index contributed by atoms with van der Waals surface area (Å²) in [5.74, 6) is -0.124. The second-order valence-corrected chi connectivity index (χ2v) is 4.36. The van der Waals surface area contributed by atoms with Crippen molar-refractivity contribution in [2.75, 3.05) is 6.61 Å². The number of ether oxygens (including phenoxy) is 1. The Bertz CT molecular complexity index is 419. The second-order valence-electron chi connectivity index (χ2n) is 4.36. The van der Waals surface area contributed by atoms with Crippen LogP contribution in [0.5, 0.6) is 5.75 Å². The summed E-state index contributed by atoms with van der Waals surface area (Å²) in [6.45, 7) is 6.08. The van der Waals surface area contributed by atoms with Gasteiger partial charge in [0.15, 0.2) is 0 Å². The van der Waals surface area contributed by atoms with Crippen LogP contribution < -0.4 is 0 Å². The highest BCUT2D eigenvalue weighted by Gasteiger charge is 2.17. The first-order valence-electron chi connectivity index (χ1n) is 5.61. The van der Waals surface area contributed by atoms with Crippen molar-refractivity contribution in [2.45, 2.75) is 26.2 Å². The smallest absolute Gasteiger partial charge is 0.330 e. The van der Waals surface area contributed by atoms with Gasteiger partial charge in [-0.05, 0) is 24.6 Å². The molecule has 0 heterocycles. The number of benzene rings is 1. The molecule has 0 spiro atoms. The summed E-state index contributed by atoms with van der Waals surface area (Å²) in [7, 11) is 0. The van der Waals surface area contributed by atoms with Crippen LogP contribution in [0.25, 0.3) is 0 Å². The summed E-state index contributed by atoms with van der Waals surface area (Å²) in [6, 6.07) is 7.00. The van der Waals surface area contributed by atoms with Gasteiger partial charge in [0.25, 0.3) is 0 Å². The Labute approximate surface area is 102 Å². The number of carbonyl (C=O) groups excluding carboxylic acids is 1. The Hall–Kier alpha value is -1.77. The lowest BCUT2D eigenvalue weighted by Crippen LogP contribution is -2.14. The Morgan fingerprint density at radius 3 is 2.76 bits per heavy atom. The predicted molar refractivity (Wildman–Crippen MR) is 66.9 cm³/mol. The number of carbonyl (C=O) groups is 1. The highest BCUT2D eigenvalue weighted by Crippen LogP contribution is 2.27. The van der Waals surface area contributed by atoms with Crippen molar-refractivity contribution in [1.29, 1.82) is 0 Å². The van der Waals surface area contributed by atoms with Crippen LogP contribution in [-0.2, 0) is 14.9 Å². The fraction of sp³-hybridized carbons (Fsp3) is 0.357. The molecule has 1 aromatic rings. The number of esters is 1. The molecule has 0 unspecified atom stereocenters. The lowest BCUT2D eigenvalue weighted by atomic mass is 9.84. The van der Waals surface area contributed by atoms with Crippen molar-refractivity contribution >= 4 is 5.97 Å². The zero-order valence-electron chi connectivity index (χ0n) is 10.4. The van der Waals surface area contributed by atoms with E-state index in [0.29, 0.717) is 6.61 Å². The fourth-order valence-electron chi connectivity index (χ4n) is 1.47. The molecule has 0 fully saturated rings. The lowest BCUT2D eigenvalue weighted by molar-refractivity contribution is -0.137. The van der Waals surface area contributed by atoms with Crippen LogP contribution >= 0.6 is 0 Å². The minimum Gasteiger partial charge on any atom is -0.508 e. The van der Waals surface area contributed by atoms with Crippen LogP contribution in [0.3, 0.4) is 0 Å². The molecular formula is C14H18O3. The zero-order valence-corrected chi connectivity index (χ0v) is 10.4. The van der Waals surface area contributed by atoms with Crippen LogP contribution in [0.15, 0.2) is 36.4 Å².